The highest BCUT2D eigenvalue weighted by Crippen LogP contribution is 2.31. The summed E-state index contributed by atoms with van der Waals surface area (Å²) in [7, 11) is 0. The van der Waals surface area contributed by atoms with Gasteiger partial charge in [-0.25, -0.2) is 4.98 Å². The van der Waals surface area contributed by atoms with Crippen LogP contribution in [0.5, 0.6) is 0 Å². The first-order valence-corrected chi connectivity index (χ1v) is 9.06. The van der Waals surface area contributed by atoms with E-state index in [1.807, 2.05) is 29.9 Å². The van der Waals surface area contributed by atoms with Gasteiger partial charge in [-0.05, 0) is 37.3 Å². The molecule has 1 amide bonds. The van der Waals surface area contributed by atoms with E-state index in [0.29, 0.717) is 17.1 Å². The number of aryl methyl sites for hydroxylation is 1. The smallest absolute Gasteiger partial charge is 0.263 e. The van der Waals surface area contributed by atoms with Crippen LogP contribution in [0, 0.1) is 12.8 Å². The monoisotopic (exact) mass is 354 g/mol. The summed E-state index contributed by atoms with van der Waals surface area (Å²) in [5.41, 5.74) is 2.39. The van der Waals surface area contributed by atoms with Crippen LogP contribution in [0.15, 0.2) is 30.7 Å². The van der Waals surface area contributed by atoms with Gasteiger partial charge in [-0.2, -0.15) is 0 Å². The van der Waals surface area contributed by atoms with Crippen molar-refractivity contribution in [3.05, 3.63) is 46.9 Å². The SMILES string of the molecule is Cc1nc(-c2cn(CC3CC3)nn2)sc1C(=O)NCc1cccnc1. The van der Waals surface area contributed by atoms with Crippen LogP contribution in [-0.4, -0.2) is 30.9 Å². The van der Waals surface area contributed by atoms with Crippen LogP contribution in [0.25, 0.3) is 10.7 Å². The molecule has 1 fully saturated rings. The van der Waals surface area contributed by atoms with E-state index >= 15 is 0 Å². The second kappa shape index (κ2) is 6.72. The summed E-state index contributed by atoms with van der Waals surface area (Å²) in [5.74, 6) is 0.608. The largest absolute Gasteiger partial charge is 0.347 e. The number of nitrogens with one attached hydrogen (secondary N) is 1. The fourth-order valence-corrected chi connectivity index (χ4v) is 3.46. The first kappa shape index (κ1) is 15.9. The molecule has 0 aromatic carbocycles. The van der Waals surface area contributed by atoms with Gasteiger partial charge in [-0.15, -0.1) is 16.4 Å². The van der Waals surface area contributed by atoms with Gasteiger partial charge in [0.05, 0.1) is 11.9 Å². The van der Waals surface area contributed by atoms with Gasteiger partial charge in [0, 0.05) is 25.5 Å². The average molecular weight is 354 g/mol. The molecular weight excluding hydrogens is 336 g/mol. The molecule has 128 valence electrons. The van der Waals surface area contributed by atoms with Crippen molar-refractivity contribution >= 4 is 17.2 Å². The number of nitrogens with zero attached hydrogens (tertiary/aromatic N) is 5. The minimum absolute atomic E-state index is 0.129. The fraction of sp³-hybridized carbons (Fsp3) is 0.353. The molecule has 3 aromatic rings. The molecule has 4 rings (SSSR count). The van der Waals surface area contributed by atoms with Crippen molar-refractivity contribution in [2.24, 2.45) is 5.92 Å². The number of amides is 1. The number of thiazole rings is 1. The molecule has 1 N–H and O–H groups in total. The summed E-state index contributed by atoms with van der Waals surface area (Å²) >= 11 is 1.35. The molecule has 3 aromatic heterocycles. The summed E-state index contributed by atoms with van der Waals surface area (Å²) in [4.78, 5) is 21.6. The molecule has 0 bridgehead atoms. The molecule has 0 spiro atoms. The second-order valence-corrected chi connectivity index (χ2v) is 7.25. The summed E-state index contributed by atoms with van der Waals surface area (Å²) < 4.78 is 1.87. The molecule has 0 aliphatic heterocycles. The fourth-order valence-electron chi connectivity index (χ4n) is 2.53. The molecule has 0 saturated heterocycles. The number of carbonyl (C=O) groups excluding carboxylic acids is 1. The lowest BCUT2D eigenvalue weighted by Gasteiger charge is -2.03. The average Bonchev–Trinajstić information content (AvgIpc) is 3.16. The molecule has 1 saturated carbocycles. The zero-order valence-electron chi connectivity index (χ0n) is 13.8. The zero-order valence-corrected chi connectivity index (χ0v) is 14.7. The van der Waals surface area contributed by atoms with Crippen LogP contribution < -0.4 is 5.32 Å². The molecule has 8 heteroatoms. The molecule has 0 atom stereocenters. The molecule has 1 aliphatic rings. The third-order valence-electron chi connectivity index (χ3n) is 4.08. The maximum atomic E-state index is 12.4. The number of carbonyl (C=O) groups is 1. The number of hydrogen-bond acceptors (Lipinski definition) is 6. The van der Waals surface area contributed by atoms with Crippen molar-refractivity contribution in [1.82, 2.24) is 30.3 Å². The molecular formula is C17H18N6OS. The Morgan fingerprint density at radius 3 is 3.08 bits per heavy atom. The van der Waals surface area contributed by atoms with Gasteiger partial charge < -0.3 is 5.32 Å². The highest BCUT2D eigenvalue weighted by atomic mass is 32.1. The molecule has 7 nitrogen and oxygen atoms in total. The Kier molecular flexibility index (Phi) is 4.27. The van der Waals surface area contributed by atoms with E-state index < -0.39 is 0 Å². The maximum Gasteiger partial charge on any atom is 0.263 e. The first-order valence-electron chi connectivity index (χ1n) is 8.24. The number of pyridine rings is 1. The molecule has 0 radical (unpaired) electrons. The van der Waals surface area contributed by atoms with E-state index in [1.165, 1.54) is 24.2 Å². The van der Waals surface area contributed by atoms with E-state index in [4.69, 9.17) is 0 Å². The lowest BCUT2D eigenvalue weighted by molar-refractivity contribution is 0.0954. The lowest BCUT2D eigenvalue weighted by atomic mass is 10.3. The molecule has 25 heavy (non-hydrogen) atoms. The molecule has 1 aliphatic carbocycles. The van der Waals surface area contributed by atoms with Crippen molar-refractivity contribution in [1.29, 1.82) is 0 Å². The van der Waals surface area contributed by atoms with Crippen LogP contribution in [0.2, 0.25) is 0 Å². The predicted octanol–water partition coefficient (Wildman–Crippen LogP) is 2.45. The Balaban J connectivity index is 1.45. The van der Waals surface area contributed by atoms with Gasteiger partial charge in [-0.3, -0.25) is 14.5 Å². The van der Waals surface area contributed by atoms with Gasteiger partial charge in [-0.1, -0.05) is 11.3 Å². The van der Waals surface area contributed by atoms with Crippen LogP contribution >= 0.6 is 11.3 Å². The summed E-state index contributed by atoms with van der Waals surface area (Å²) in [6.45, 7) is 3.19. The maximum absolute atomic E-state index is 12.4. The van der Waals surface area contributed by atoms with Crippen LogP contribution in [0.4, 0.5) is 0 Å². The first-order chi connectivity index (χ1) is 12.2. The van der Waals surface area contributed by atoms with Gasteiger partial charge in [0.25, 0.3) is 5.91 Å². The van der Waals surface area contributed by atoms with Crippen molar-refractivity contribution in [3.8, 4) is 10.7 Å². The van der Waals surface area contributed by atoms with E-state index in [9.17, 15) is 4.79 Å². The quantitative estimate of drug-likeness (QED) is 0.735. The summed E-state index contributed by atoms with van der Waals surface area (Å²) in [6.07, 6.45) is 7.90. The van der Waals surface area contributed by atoms with Crippen LogP contribution in [0.3, 0.4) is 0 Å². The van der Waals surface area contributed by atoms with E-state index in [1.54, 1.807) is 12.4 Å². The van der Waals surface area contributed by atoms with Gasteiger partial charge in [0.15, 0.2) is 0 Å². The Morgan fingerprint density at radius 2 is 2.32 bits per heavy atom. The summed E-state index contributed by atoms with van der Waals surface area (Å²) in [5, 5.41) is 12.0. The van der Waals surface area contributed by atoms with Crippen molar-refractivity contribution in [2.75, 3.05) is 0 Å². The number of hydrogen-bond donors (Lipinski definition) is 1. The van der Waals surface area contributed by atoms with Crippen molar-refractivity contribution in [2.45, 2.75) is 32.9 Å². The van der Waals surface area contributed by atoms with Gasteiger partial charge in [0.1, 0.15) is 15.6 Å². The highest BCUT2D eigenvalue weighted by molar-refractivity contribution is 7.17. The third kappa shape index (κ3) is 3.74. The van der Waals surface area contributed by atoms with E-state index in [0.717, 1.165) is 28.7 Å². The Bertz CT molecular complexity index is 884. The normalized spacial score (nSPS) is 13.8. The second-order valence-electron chi connectivity index (χ2n) is 6.25. The predicted molar refractivity (Wildman–Crippen MR) is 94.0 cm³/mol. The van der Waals surface area contributed by atoms with E-state index in [2.05, 4.69) is 25.6 Å². The lowest BCUT2D eigenvalue weighted by Crippen LogP contribution is -2.22. The van der Waals surface area contributed by atoms with Crippen LogP contribution in [-0.2, 0) is 13.1 Å². The number of aromatic nitrogens is 5. The standard InChI is InChI=1S/C17H18N6OS/c1-11-15(16(24)19-8-13-3-2-6-18-7-13)25-17(20-11)14-10-23(22-21-14)9-12-4-5-12/h2-3,6-7,10,12H,4-5,8-9H2,1H3,(H,19,24). The van der Waals surface area contributed by atoms with Gasteiger partial charge in [0.2, 0.25) is 0 Å². The molecule has 3 heterocycles. The minimum atomic E-state index is -0.129. The Morgan fingerprint density at radius 1 is 1.44 bits per heavy atom. The summed E-state index contributed by atoms with van der Waals surface area (Å²) in [6, 6.07) is 3.78. The van der Waals surface area contributed by atoms with Crippen LogP contribution in [0.1, 0.15) is 33.8 Å². The van der Waals surface area contributed by atoms with Gasteiger partial charge >= 0.3 is 0 Å². The van der Waals surface area contributed by atoms with Crippen molar-refractivity contribution < 1.29 is 4.79 Å². The Hall–Kier alpha value is -2.61. The van der Waals surface area contributed by atoms with Crippen molar-refractivity contribution in [3.63, 3.8) is 0 Å². The number of rotatable bonds is 6. The van der Waals surface area contributed by atoms with E-state index in [-0.39, 0.29) is 5.91 Å². The third-order valence-corrected chi connectivity index (χ3v) is 5.26. The Labute approximate surface area is 149 Å². The molecule has 0 unspecified atom stereocenters. The topological polar surface area (TPSA) is 85.6 Å². The zero-order chi connectivity index (χ0) is 17.2. The highest BCUT2D eigenvalue weighted by Gasteiger charge is 2.23. The minimum Gasteiger partial charge on any atom is -0.347 e.